The second-order valence-electron chi connectivity index (χ2n) is 1.56. The second-order valence-corrected chi connectivity index (χ2v) is 1.56. The van der Waals surface area contributed by atoms with Crippen molar-refractivity contribution in [3.05, 3.63) is 24.3 Å². The Morgan fingerprint density at radius 2 is 1.14 bits per heavy atom. The molecule has 0 aliphatic rings. The summed E-state index contributed by atoms with van der Waals surface area (Å²) >= 11 is 0. The van der Waals surface area contributed by atoms with Crippen molar-refractivity contribution in [2.24, 2.45) is 0 Å². The van der Waals surface area contributed by atoms with Gasteiger partial charge in [-0.3, -0.25) is 0 Å². The topological polar surface area (TPSA) is 0 Å². The molecule has 0 aromatic carbocycles. The fourth-order valence-electron chi connectivity index (χ4n) is 0. The van der Waals surface area contributed by atoms with E-state index in [4.69, 9.17) is 0 Å². The molecular weight excluding hydrogens is 173 g/mol. The fraction of sp³-hybridized carbons (Fsp3) is 0.333. The van der Waals surface area contributed by atoms with E-state index in [9.17, 15) is 0 Å². The van der Waals surface area contributed by atoms with Crippen LogP contribution in [-0.2, 0) is 19.5 Å². The van der Waals surface area contributed by atoms with Crippen molar-refractivity contribution in [3.63, 3.8) is 0 Å². The molecule has 0 atom stereocenters. The van der Waals surface area contributed by atoms with Gasteiger partial charge in [-0.2, -0.15) is 0 Å². The Morgan fingerprint density at radius 3 is 1.14 bits per heavy atom. The quantitative estimate of drug-likeness (QED) is 0.425. The van der Waals surface area contributed by atoms with Gasteiger partial charge >= 0.3 is 19.5 Å². The van der Waals surface area contributed by atoms with Gasteiger partial charge in [-0.25, -0.2) is 0 Å². The summed E-state index contributed by atoms with van der Waals surface area (Å²) in [5, 5.41) is 0. The molecule has 0 unspecified atom stereocenters. The van der Waals surface area contributed by atoms with Crippen LogP contribution in [0, 0.1) is 0 Å². The normalized spacial score (nSPS) is 6.57. The molecule has 7 heavy (non-hydrogen) atoms. The van der Waals surface area contributed by atoms with E-state index < -0.39 is 0 Å². The first-order chi connectivity index (χ1) is 2.64. The summed E-state index contributed by atoms with van der Waals surface area (Å²) < 4.78 is 0. The first kappa shape index (κ1) is 10.2. The minimum absolute atomic E-state index is 0. The summed E-state index contributed by atoms with van der Waals surface area (Å²) in [6.45, 7) is 11.2. The van der Waals surface area contributed by atoms with E-state index in [1.54, 1.807) is 0 Å². The third-order valence-electron chi connectivity index (χ3n) is 0.729. The van der Waals surface area contributed by atoms with E-state index in [1.807, 2.05) is 13.8 Å². The molecule has 0 saturated heterocycles. The van der Waals surface area contributed by atoms with Crippen molar-refractivity contribution in [1.82, 2.24) is 0 Å². The Morgan fingerprint density at radius 1 is 1.00 bits per heavy atom. The van der Waals surface area contributed by atoms with Crippen LogP contribution in [0.1, 0.15) is 13.8 Å². The molecule has 0 aliphatic heterocycles. The van der Waals surface area contributed by atoms with Crippen molar-refractivity contribution in [1.29, 1.82) is 0 Å². The average molecular weight is 187 g/mol. The molecule has 0 radical (unpaired) electrons. The van der Waals surface area contributed by atoms with E-state index in [-0.39, 0.29) is 19.5 Å². The molecule has 0 saturated carbocycles. The van der Waals surface area contributed by atoms with Crippen LogP contribution in [0.25, 0.3) is 0 Å². The molecule has 0 aromatic heterocycles. The van der Waals surface area contributed by atoms with Crippen LogP contribution in [0.5, 0.6) is 0 Å². The maximum absolute atomic E-state index is 3.66. The second kappa shape index (κ2) is 4.27. The summed E-state index contributed by atoms with van der Waals surface area (Å²) in [6.07, 6.45) is 0. The van der Waals surface area contributed by atoms with Gasteiger partial charge in [0.25, 0.3) is 0 Å². The van der Waals surface area contributed by atoms with Crippen molar-refractivity contribution in [2.45, 2.75) is 13.8 Å². The van der Waals surface area contributed by atoms with Crippen molar-refractivity contribution in [3.8, 4) is 0 Å². The summed E-state index contributed by atoms with van der Waals surface area (Å²) in [4.78, 5) is 0. The zero-order valence-corrected chi connectivity index (χ0v) is 7.37. The van der Waals surface area contributed by atoms with E-state index in [2.05, 4.69) is 13.2 Å². The van der Waals surface area contributed by atoms with Crippen LogP contribution < -0.4 is 0 Å². The molecule has 0 amide bonds. The van der Waals surface area contributed by atoms with Crippen molar-refractivity contribution in [2.75, 3.05) is 0 Å². The van der Waals surface area contributed by atoms with Gasteiger partial charge in [0.15, 0.2) is 0 Å². The molecule has 0 fully saturated rings. The minimum atomic E-state index is 0. The van der Waals surface area contributed by atoms with Gasteiger partial charge in [-0.05, 0) is 13.8 Å². The van der Waals surface area contributed by atoms with Crippen LogP contribution in [0.3, 0.4) is 0 Å². The first-order valence-electron chi connectivity index (χ1n) is 1.96. The first-order valence-corrected chi connectivity index (χ1v) is 1.96. The number of allylic oxidation sites excluding steroid dienone is 2. The predicted octanol–water partition coefficient (Wildman–Crippen LogP) is 1.07. The molecule has 0 heterocycles. The number of hydrogen-bond acceptors (Lipinski definition) is 0. The van der Waals surface area contributed by atoms with Crippen LogP contribution >= 0.6 is 0 Å². The molecule has 0 spiro atoms. The molecule has 0 aromatic rings. The molecule has 0 nitrogen and oxygen atoms in total. The van der Waals surface area contributed by atoms with Crippen molar-refractivity contribution >= 4 is 0 Å². The molecule has 46 valence electrons. The molecule has 0 N–H and O–H groups in total. The molecular formula is C6H14Ru. The Labute approximate surface area is 58.1 Å². The van der Waals surface area contributed by atoms with Gasteiger partial charge in [0.05, 0.1) is 0 Å². The van der Waals surface area contributed by atoms with Crippen LogP contribution in [0.4, 0.5) is 0 Å². The monoisotopic (exact) mass is 188 g/mol. The summed E-state index contributed by atoms with van der Waals surface area (Å²) in [6, 6.07) is 0. The van der Waals surface area contributed by atoms with Gasteiger partial charge in [0.1, 0.15) is 0 Å². The molecule has 0 rings (SSSR count). The van der Waals surface area contributed by atoms with E-state index in [0.29, 0.717) is 0 Å². The SMILES string of the molecule is C=C(C)C(=C)C.[RuH4]. The fourth-order valence-corrected chi connectivity index (χ4v) is 0. The number of hydrogen-bond donors (Lipinski definition) is 0. The Kier molecular flexibility index (Phi) is 6.19. The third-order valence-corrected chi connectivity index (χ3v) is 0.729. The third kappa shape index (κ3) is 6.10. The van der Waals surface area contributed by atoms with E-state index in [1.165, 1.54) is 0 Å². The van der Waals surface area contributed by atoms with Gasteiger partial charge in [-0.1, -0.05) is 24.3 Å². The van der Waals surface area contributed by atoms with Gasteiger partial charge in [0.2, 0.25) is 0 Å². The Hall–Kier alpha value is 0.103. The summed E-state index contributed by atoms with van der Waals surface area (Å²) in [5.41, 5.74) is 2.13. The molecule has 1 heteroatoms. The number of rotatable bonds is 1. The zero-order valence-electron chi connectivity index (χ0n) is 4.91. The predicted molar refractivity (Wildman–Crippen MR) is 35.2 cm³/mol. The van der Waals surface area contributed by atoms with Crippen molar-refractivity contribution < 1.29 is 19.5 Å². The maximum atomic E-state index is 3.66. The zero-order chi connectivity index (χ0) is 5.15. The Bertz CT molecular complexity index is 70.2. The van der Waals surface area contributed by atoms with Gasteiger partial charge < -0.3 is 0 Å². The van der Waals surface area contributed by atoms with Crippen LogP contribution in [0.15, 0.2) is 24.3 Å². The summed E-state index contributed by atoms with van der Waals surface area (Å²) in [5.74, 6) is 0. The molecule has 0 aliphatic carbocycles. The average Bonchev–Trinajstić information content (AvgIpc) is 1.36. The van der Waals surface area contributed by atoms with Crippen LogP contribution in [0.2, 0.25) is 0 Å². The summed E-state index contributed by atoms with van der Waals surface area (Å²) in [7, 11) is 0. The standard InChI is InChI=1S/C6H10.Ru.4H/c1-5(2)6(3)4;;;;;/h1,3H2,2,4H3;;;;;. The van der Waals surface area contributed by atoms with E-state index >= 15 is 0 Å². The van der Waals surface area contributed by atoms with Gasteiger partial charge in [0, 0.05) is 0 Å². The van der Waals surface area contributed by atoms with E-state index in [0.717, 1.165) is 11.1 Å². The Balaban J connectivity index is 0. The van der Waals surface area contributed by atoms with Gasteiger partial charge in [-0.15, -0.1) is 0 Å². The molecule has 0 bridgehead atoms. The van der Waals surface area contributed by atoms with Crippen LogP contribution in [-0.4, -0.2) is 0 Å².